The molecular formula is C11H19LiSi. The molecular weight excluding hydrogens is 167 g/mol. The molecule has 0 spiro atoms. The van der Waals surface area contributed by atoms with E-state index in [1.54, 1.807) is 5.57 Å². The predicted molar refractivity (Wildman–Crippen MR) is 58.4 cm³/mol. The predicted octanol–water partition coefficient (Wildman–Crippen LogP) is 0.400. The number of hydrogen-bond acceptors (Lipinski definition) is 0. The zero-order valence-electron chi connectivity index (χ0n) is 10.1. The van der Waals surface area contributed by atoms with Crippen molar-refractivity contribution in [3.8, 4) is 0 Å². The second-order valence-electron chi connectivity index (χ2n) is 4.39. The van der Waals surface area contributed by atoms with Crippen LogP contribution >= 0.6 is 0 Å². The zero-order valence-corrected chi connectivity index (χ0v) is 10.3. The Morgan fingerprint density at radius 3 is 2.69 bits per heavy atom. The van der Waals surface area contributed by atoms with E-state index in [4.69, 9.17) is 0 Å². The van der Waals surface area contributed by atoms with Gasteiger partial charge in [0.15, 0.2) is 0 Å². The topological polar surface area (TPSA) is 0 Å². The van der Waals surface area contributed by atoms with Crippen LogP contribution in [0.2, 0.25) is 18.6 Å². The van der Waals surface area contributed by atoms with Gasteiger partial charge in [0.2, 0.25) is 0 Å². The van der Waals surface area contributed by atoms with E-state index in [9.17, 15) is 0 Å². The van der Waals surface area contributed by atoms with E-state index in [1.165, 1.54) is 25.7 Å². The number of hydrogen-bond donors (Lipinski definition) is 0. The first-order valence-corrected chi connectivity index (χ1v) is 8.17. The SMILES string of the molecule is C[SiH](C)C1C=CC2=C1CCCC2.[H-].[Li+]. The molecule has 0 heterocycles. The molecule has 0 nitrogen and oxygen atoms in total. The fourth-order valence-electron chi connectivity index (χ4n) is 2.48. The molecule has 0 amide bonds. The molecule has 2 aliphatic carbocycles. The Balaban J connectivity index is 0.000000845. The standard InChI is InChI=1S/C11H18Si.Li.H/c1-12(2)11-8-7-9-5-3-4-6-10(9)11;;/h7-8,11-12H,3-6H2,1-2H3;;/q;+1;-1. The van der Waals surface area contributed by atoms with Gasteiger partial charge in [0.1, 0.15) is 0 Å². The fraction of sp³-hybridized carbons (Fsp3) is 0.636. The molecule has 0 aromatic carbocycles. The molecule has 2 aliphatic rings. The molecule has 0 aromatic rings. The minimum Gasteiger partial charge on any atom is -1.00 e. The minimum atomic E-state index is -0.462. The van der Waals surface area contributed by atoms with Gasteiger partial charge in [-0.3, -0.25) is 0 Å². The van der Waals surface area contributed by atoms with Gasteiger partial charge in [-0.25, -0.2) is 0 Å². The minimum absolute atomic E-state index is 0. The third-order valence-electron chi connectivity index (χ3n) is 3.18. The Kier molecular flexibility index (Phi) is 4.10. The van der Waals surface area contributed by atoms with E-state index in [-0.39, 0.29) is 20.3 Å². The molecule has 0 radical (unpaired) electrons. The van der Waals surface area contributed by atoms with Crippen LogP contribution in [0, 0.1) is 0 Å². The van der Waals surface area contributed by atoms with E-state index >= 15 is 0 Å². The quantitative estimate of drug-likeness (QED) is 0.520. The molecule has 2 rings (SSSR count). The molecule has 0 aliphatic heterocycles. The third-order valence-corrected chi connectivity index (χ3v) is 5.24. The summed E-state index contributed by atoms with van der Waals surface area (Å²) in [4.78, 5) is 0. The second-order valence-corrected chi connectivity index (χ2v) is 7.59. The molecule has 13 heavy (non-hydrogen) atoms. The average Bonchev–Trinajstić information content (AvgIpc) is 2.47. The summed E-state index contributed by atoms with van der Waals surface area (Å²) in [6.07, 6.45) is 10.5. The molecule has 0 fully saturated rings. The van der Waals surface area contributed by atoms with Gasteiger partial charge < -0.3 is 1.43 Å². The van der Waals surface area contributed by atoms with Crippen molar-refractivity contribution in [3.05, 3.63) is 23.3 Å². The summed E-state index contributed by atoms with van der Waals surface area (Å²) in [5.74, 6) is 0. The summed E-state index contributed by atoms with van der Waals surface area (Å²) in [7, 11) is -0.462. The second kappa shape index (κ2) is 4.69. The first-order valence-electron chi connectivity index (χ1n) is 5.19. The summed E-state index contributed by atoms with van der Waals surface area (Å²) in [6, 6.07) is 0. The first-order chi connectivity index (χ1) is 5.79. The molecule has 0 saturated carbocycles. The largest absolute Gasteiger partial charge is 1.00 e. The normalized spacial score (nSPS) is 26.2. The van der Waals surface area contributed by atoms with E-state index in [1.807, 2.05) is 5.57 Å². The summed E-state index contributed by atoms with van der Waals surface area (Å²) in [6.45, 7) is 4.94. The maximum atomic E-state index is 2.48. The number of rotatable bonds is 1. The van der Waals surface area contributed by atoms with Gasteiger partial charge in [0.05, 0.1) is 0 Å². The van der Waals surface area contributed by atoms with Crippen molar-refractivity contribution in [2.24, 2.45) is 0 Å². The fourth-order valence-corrected chi connectivity index (χ4v) is 4.22. The van der Waals surface area contributed by atoms with Crippen LogP contribution in [0.1, 0.15) is 27.1 Å². The molecule has 0 bridgehead atoms. The molecule has 1 atom stereocenters. The van der Waals surface area contributed by atoms with Gasteiger partial charge >= 0.3 is 18.9 Å². The van der Waals surface area contributed by atoms with Crippen LogP contribution in [0.3, 0.4) is 0 Å². The Hall–Kier alpha value is 0.294. The van der Waals surface area contributed by atoms with E-state index in [0.29, 0.717) is 0 Å². The van der Waals surface area contributed by atoms with E-state index in [2.05, 4.69) is 25.2 Å². The Morgan fingerprint density at radius 1 is 1.31 bits per heavy atom. The molecule has 0 saturated heterocycles. The van der Waals surface area contributed by atoms with Gasteiger partial charge in [-0.15, -0.1) is 0 Å². The van der Waals surface area contributed by atoms with Crippen LogP contribution in [-0.4, -0.2) is 8.80 Å². The van der Waals surface area contributed by atoms with Crippen LogP contribution in [0.5, 0.6) is 0 Å². The smallest absolute Gasteiger partial charge is 1.00 e. The van der Waals surface area contributed by atoms with Crippen molar-refractivity contribution in [1.29, 1.82) is 0 Å². The summed E-state index contributed by atoms with van der Waals surface area (Å²) >= 11 is 0. The van der Waals surface area contributed by atoms with E-state index < -0.39 is 8.80 Å². The van der Waals surface area contributed by atoms with Crippen LogP contribution in [0.15, 0.2) is 23.3 Å². The van der Waals surface area contributed by atoms with E-state index in [0.717, 1.165) is 5.54 Å². The summed E-state index contributed by atoms with van der Waals surface area (Å²) < 4.78 is 0. The maximum absolute atomic E-state index is 2.48. The zero-order chi connectivity index (χ0) is 8.55. The average molecular weight is 186 g/mol. The molecule has 0 N–H and O–H groups in total. The maximum Gasteiger partial charge on any atom is 1.00 e. The number of allylic oxidation sites excluding steroid dienone is 4. The summed E-state index contributed by atoms with van der Waals surface area (Å²) in [5.41, 5.74) is 4.44. The Morgan fingerprint density at radius 2 is 2.00 bits per heavy atom. The van der Waals surface area contributed by atoms with Crippen molar-refractivity contribution in [2.75, 3.05) is 0 Å². The van der Waals surface area contributed by atoms with Crippen LogP contribution in [0.4, 0.5) is 0 Å². The van der Waals surface area contributed by atoms with Crippen molar-refractivity contribution in [3.63, 3.8) is 0 Å². The van der Waals surface area contributed by atoms with Crippen LogP contribution in [-0.2, 0) is 0 Å². The van der Waals surface area contributed by atoms with Crippen molar-refractivity contribution < 1.29 is 20.3 Å². The molecule has 1 unspecified atom stereocenters. The van der Waals surface area contributed by atoms with Gasteiger partial charge in [0, 0.05) is 8.80 Å². The molecule has 68 valence electrons. The molecule has 2 heteroatoms. The van der Waals surface area contributed by atoms with Gasteiger partial charge in [-0.1, -0.05) is 30.8 Å². The van der Waals surface area contributed by atoms with Gasteiger partial charge in [0.25, 0.3) is 0 Å². The van der Waals surface area contributed by atoms with Gasteiger partial charge in [-0.2, -0.15) is 0 Å². The van der Waals surface area contributed by atoms with Crippen LogP contribution in [0.25, 0.3) is 0 Å². The van der Waals surface area contributed by atoms with Crippen LogP contribution < -0.4 is 18.9 Å². The Bertz CT molecular complexity index is 246. The van der Waals surface area contributed by atoms with Gasteiger partial charge in [-0.05, 0) is 36.8 Å². The summed E-state index contributed by atoms with van der Waals surface area (Å²) in [5, 5.41) is 0. The third kappa shape index (κ3) is 2.21. The first kappa shape index (κ1) is 11.4. The van der Waals surface area contributed by atoms with Crippen molar-refractivity contribution in [2.45, 2.75) is 44.3 Å². The molecule has 0 aromatic heterocycles. The van der Waals surface area contributed by atoms with Crippen molar-refractivity contribution >= 4 is 8.80 Å². The van der Waals surface area contributed by atoms with Crippen molar-refractivity contribution in [1.82, 2.24) is 0 Å². The monoisotopic (exact) mass is 186 g/mol. The Labute approximate surface area is 96.8 Å².